The van der Waals surface area contributed by atoms with Crippen molar-refractivity contribution in [2.45, 2.75) is 84.8 Å². The maximum atomic E-state index is 5.92. The maximum Gasteiger partial charge on any atom is 0.246 e. The van der Waals surface area contributed by atoms with Gasteiger partial charge >= 0.3 is 0 Å². The van der Waals surface area contributed by atoms with Gasteiger partial charge in [0.15, 0.2) is 17.8 Å². The molecule has 0 N–H and O–H groups in total. The van der Waals surface area contributed by atoms with Crippen molar-refractivity contribution in [2.75, 3.05) is 13.2 Å². The Morgan fingerprint density at radius 3 is 2.18 bits per heavy atom. The molecule has 0 bridgehead atoms. The molecule has 0 aliphatic rings. The molecule has 1 aromatic heterocycles. The highest BCUT2D eigenvalue weighted by Gasteiger charge is 2.14. The van der Waals surface area contributed by atoms with Crippen LogP contribution in [0.25, 0.3) is 11.0 Å². The number of unbranched alkanes of at least 4 members (excludes halogenated alkanes) is 9. The van der Waals surface area contributed by atoms with E-state index in [1.54, 1.807) is 0 Å². The van der Waals surface area contributed by atoms with E-state index in [0.29, 0.717) is 13.3 Å². The number of aryl methyl sites for hydroxylation is 1. The van der Waals surface area contributed by atoms with Gasteiger partial charge in [-0.05, 0) is 25.5 Å². The van der Waals surface area contributed by atoms with E-state index in [1.807, 2.05) is 13.0 Å². The van der Waals surface area contributed by atoms with Gasteiger partial charge in [0.05, 0.1) is 20.3 Å². The first-order chi connectivity index (χ1) is 13.3. The van der Waals surface area contributed by atoms with Crippen LogP contribution in [0.5, 0.6) is 5.75 Å². The van der Waals surface area contributed by atoms with Crippen molar-refractivity contribution in [3.8, 4) is 5.75 Å². The quantitative estimate of drug-likeness (QED) is 0.333. The summed E-state index contributed by atoms with van der Waals surface area (Å²) >= 11 is 0. The molecule has 0 radical (unpaired) electrons. The Morgan fingerprint density at radius 2 is 1.54 bits per heavy atom. The zero-order chi connectivity index (χ0) is 19.3. The molecule has 0 fully saturated rings. The minimum absolute atomic E-state index is 0. The highest BCUT2D eigenvalue weighted by atomic mass is 35.5. The van der Waals surface area contributed by atoms with E-state index >= 15 is 0 Å². The van der Waals surface area contributed by atoms with Crippen LogP contribution < -0.4 is 21.7 Å². The average molecular weight is 411 g/mol. The molecule has 2 aromatic rings. The monoisotopic (exact) mass is 410 g/mol. The van der Waals surface area contributed by atoms with Crippen molar-refractivity contribution in [1.29, 1.82) is 0 Å². The molecule has 5 heteroatoms. The van der Waals surface area contributed by atoms with E-state index in [2.05, 4.69) is 41.6 Å². The highest BCUT2D eigenvalue weighted by molar-refractivity contribution is 5.73. The van der Waals surface area contributed by atoms with Gasteiger partial charge in [0.1, 0.15) is 5.75 Å². The summed E-state index contributed by atoms with van der Waals surface area (Å²) in [5.74, 6) is 0.916. The lowest BCUT2D eigenvalue weighted by Crippen LogP contribution is -3.00. The third-order valence-electron chi connectivity index (χ3n) is 5.13. The zero-order valence-corrected chi connectivity index (χ0v) is 18.8. The lowest BCUT2D eigenvalue weighted by molar-refractivity contribution is -0.646. The van der Waals surface area contributed by atoms with Crippen LogP contribution in [0, 0.1) is 0 Å². The van der Waals surface area contributed by atoms with E-state index in [9.17, 15) is 0 Å². The van der Waals surface area contributed by atoms with Gasteiger partial charge in [-0.15, -0.1) is 0 Å². The maximum absolute atomic E-state index is 5.92. The normalized spacial score (nSPS) is 11.0. The van der Waals surface area contributed by atoms with Crippen LogP contribution in [0.4, 0.5) is 0 Å². The molecule has 0 saturated carbocycles. The number of hydrogen-bond donors (Lipinski definition) is 0. The average Bonchev–Trinajstić information content (AvgIpc) is 2.98. The molecular weight excluding hydrogens is 372 g/mol. The van der Waals surface area contributed by atoms with E-state index in [4.69, 9.17) is 9.47 Å². The Balaban J connectivity index is 0.00000392. The molecule has 2 rings (SSSR count). The van der Waals surface area contributed by atoms with Crippen LogP contribution in [0.2, 0.25) is 0 Å². The molecule has 0 aliphatic heterocycles. The van der Waals surface area contributed by atoms with E-state index in [1.165, 1.54) is 63.3 Å². The van der Waals surface area contributed by atoms with Crippen LogP contribution in [-0.2, 0) is 18.5 Å². The molecule has 28 heavy (non-hydrogen) atoms. The van der Waals surface area contributed by atoms with Crippen molar-refractivity contribution in [2.24, 2.45) is 7.05 Å². The van der Waals surface area contributed by atoms with Crippen molar-refractivity contribution in [3.63, 3.8) is 0 Å². The molecular formula is C23H39ClN2O2. The number of aromatic nitrogens is 2. The third-order valence-corrected chi connectivity index (χ3v) is 5.13. The van der Waals surface area contributed by atoms with E-state index in [0.717, 1.165) is 24.3 Å². The second-order valence-corrected chi connectivity index (χ2v) is 7.50. The Kier molecular flexibility index (Phi) is 13.0. The van der Waals surface area contributed by atoms with Gasteiger partial charge < -0.3 is 21.9 Å². The van der Waals surface area contributed by atoms with Crippen LogP contribution >= 0.6 is 0 Å². The molecule has 0 spiro atoms. The standard InChI is InChI=1S/C23H39N2O2.ClH/c1-4-6-7-8-9-10-11-12-13-14-17-26-20-25-19-24(3)22-16-15-21(27-5-2)18-23(22)25;/h15-16,18-19H,4-14,17,20H2,1-3H3;1H/q+1;/p-1. The summed E-state index contributed by atoms with van der Waals surface area (Å²) in [5.41, 5.74) is 2.35. The predicted molar refractivity (Wildman–Crippen MR) is 112 cm³/mol. The molecule has 0 amide bonds. The molecule has 1 aromatic carbocycles. The Hall–Kier alpha value is -1.26. The summed E-state index contributed by atoms with van der Waals surface area (Å²) in [7, 11) is 2.07. The van der Waals surface area contributed by atoms with Crippen LogP contribution in [0.15, 0.2) is 24.5 Å². The van der Waals surface area contributed by atoms with Gasteiger partial charge in [-0.1, -0.05) is 64.7 Å². The van der Waals surface area contributed by atoms with Crippen molar-refractivity contribution >= 4 is 11.0 Å². The summed E-state index contributed by atoms with van der Waals surface area (Å²) in [4.78, 5) is 0. The number of nitrogens with zero attached hydrogens (tertiary/aromatic N) is 2. The summed E-state index contributed by atoms with van der Waals surface area (Å²) in [6, 6.07) is 6.24. The fraction of sp³-hybridized carbons (Fsp3) is 0.696. The lowest BCUT2D eigenvalue weighted by atomic mass is 10.1. The summed E-state index contributed by atoms with van der Waals surface area (Å²) < 4.78 is 15.8. The topological polar surface area (TPSA) is 27.3 Å². The lowest BCUT2D eigenvalue weighted by Gasteiger charge is -2.04. The minimum Gasteiger partial charge on any atom is -1.00 e. The SMILES string of the molecule is CCCCCCCCCCCCOCn1c[n+](C)c2ccc(OCC)cc21.[Cl-]. The summed E-state index contributed by atoms with van der Waals surface area (Å²) in [6.07, 6.45) is 15.7. The number of hydrogen-bond acceptors (Lipinski definition) is 2. The fourth-order valence-electron chi connectivity index (χ4n) is 3.58. The summed E-state index contributed by atoms with van der Waals surface area (Å²) in [5, 5.41) is 0. The number of benzene rings is 1. The Labute approximate surface area is 177 Å². The van der Waals surface area contributed by atoms with Gasteiger partial charge in [-0.3, -0.25) is 0 Å². The molecule has 0 aliphatic carbocycles. The number of halogens is 1. The number of imidazole rings is 1. The molecule has 0 unspecified atom stereocenters. The molecule has 0 atom stereocenters. The number of rotatable bonds is 15. The number of fused-ring (bicyclic) bond motifs is 1. The van der Waals surface area contributed by atoms with E-state index < -0.39 is 0 Å². The second-order valence-electron chi connectivity index (χ2n) is 7.50. The molecule has 1 heterocycles. The number of ether oxygens (including phenoxy) is 2. The van der Waals surface area contributed by atoms with E-state index in [-0.39, 0.29) is 12.4 Å². The first kappa shape index (κ1) is 24.8. The largest absolute Gasteiger partial charge is 1.00 e. The van der Waals surface area contributed by atoms with Crippen LogP contribution in [0.3, 0.4) is 0 Å². The predicted octanol–water partition coefficient (Wildman–Crippen LogP) is 2.76. The van der Waals surface area contributed by atoms with Crippen molar-refractivity contribution in [1.82, 2.24) is 4.57 Å². The van der Waals surface area contributed by atoms with Gasteiger partial charge in [0.2, 0.25) is 6.33 Å². The molecule has 0 saturated heterocycles. The van der Waals surface area contributed by atoms with Crippen LogP contribution in [0.1, 0.15) is 78.1 Å². The third kappa shape index (κ3) is 8.40. The zero-order valence-electron chi connectivity index (χ0n) is 18.1. The van der Waals surface area contributed by atoms with Gasteiger partial charge in [-0.25, -0.2) is 9.13 Å². The van der Waals surface area contributed by atoms with Gasteiger partial charge in [0.25, 0.3) is 0 Å². The first-order valence-corrected chi connectivity index (χ1v) is 10.9. The fourth-order valence-corrected chi connectivity index (χ4v) is 3.58. The Morgan fingerprint density at radius 1 is 0.893 bits per heavy atom. The molecule has 4 nitrogen and oxygen atoms in total. The smallest absolute Gasteiger partial charge is 0.246 e. The van der Waals surface area contributed by atoms with Crippen LogP contribution in [-0.4, -0.2) is 17.8 Å². The Bertz CT molecular complexity index is 657. The summed E-state index contributed by atoms with van der Waals surface area (Å²) in [6.45, 7) is 6.42. The molecule has 160 valence electrons. The van der Waals surface area contributed by atoms with Gasteiger partial charge in [0, 0.05) is 6.07 Å². The highest BCUT2D eigenvalue weighted by Crippen LogP contribution is 2.19. The van der Waals surface area contributed by atoms with Crippen molar-refractivity contribution in [3.05, 3.63) is 24.5 Å². The second kappa shape index (κ2) is 14.7. The first-order valence-electron chi connectivity index (χ1n) is 10.9. The van der Waals surface area contributed by atoms with Crippen molar-refractivity contribution < 1.29 is 26.4 Å². The minimum atomic E-state index is 0. The van der Waals surface area contributed by atoms with Gasteiger partial charge in [-0.2, -0.15) is 0 Å².